The van der Waals surface area contributed by atoms with Crippen LogP contribution in [0.2, 0.25) is 0 Å². The Morgan fingerprint density at radius 1 is 1.33 bits per heavy atom. The third-order valence-corrected chi connectivity index (χ3v) is 4.58. The molecule has 0 bridgehead atoms. The maximum absolute atomic E-state index is 12.1. The quantitative estimate of drug-likeness (QED) is 0.854. The van der Waals surface area contributed by atoms with Crippen LogP contribution >= 0.6 is 0 Å². The van der Waals surface area contributed by atoms with Crippen molar-refractivity contribution in [2.24, 2.45) is 0 Å². The van der Waals surface area contributed by atoms with E-state index in [-0.39, 0.29) is 11.9 Å². The monoisotopic (exact) mass is 312 g/mol. The minimum absolute atomic E-state index is 0.192. The van der Waals surface area contributed by atoms with Crippen molar-refractivity contribution >= 4 is 21.6 Å². The standard InChI is InChI=1S/C14H20N2O4S/c1-10(14(17)15-11-4-5-11)16(21(3,18)19)12-6-8-13(20-2)9-7-12/h6-11H,4-5H2,1-3H3,(H,15,17)/t10-/m1/s1. The Labute approximate surface area is 125 Å². The number of hydrogen-bond donors (Lipinski definition) is 1. The first-order chi connectivity index (χ1) is 9.82. The Balaban J connectivity index is 2.26. The van der Waals surface area contributed by atoms with E-state index in [0.29, 0.717) is 11.4 Å². The van der Waals surface area contributed by atoms with E-state index in [1.807, 2.05) is 0 Å². The number of nitrogens with zero attached hydrogens (tertiary/aromatic N) is 1. The van der Waals surface area contributed by atoms with Gasteiger partial charge in [0.15, 0.2) is 0 Å². The molecule has 0 saturated heterocycles. The van der Waals surface area contributed by atoms with Gasteiger partial charge in [0, 0.05) is 6.04 Å². The summed E-state index contributed by atoms with van der Waals surface area (Å²) in [6.45, 7) is 1.59. The minimum atomic E-state index is -3.57. The lowest BCUT2D eigenvalue weighted by Crippen LogP contribution is -2.48. The van der Waals surface area contributed by atoms with Crippen molar-refractivity contribution in [3.05, 3.63) is 24.3 Å². The summed E-state index contributed by atoms with van der Waals surface area (Å²) >= 11 is 0. The van der Waals surface area contributed by atoms with Gasteiger partial charge in [-0.15, -0.1) is 0 Å². The molecule has 1 aliphatic carbocycles. The Morgan fingerprint density at radius 3 is 2.33 bits per heavy atom. The predicted molar refractivity (Wildman–Crippen MR) is 80.9 cm³/mol. The van der Waals surface area contributed by atoms with Gasteiger partial charge in [0.05, 0.1) is 19.1 Å². The first kappa shape index (κ1) is 15.6. The molecule has 1 N–H and O–H groups in total. The molecule has 1 fully saturated rings. The van der Waals surface area contributed by atoms with Crippen LogP contribution in [0.5, 0.6) is 5.75 Å². The second-order valence-electron chi connectivity index (χ2n) is 5.22. The summed E-state index contributed by atoms with van der Waals surface area (Å²) in [5, 5.41) is 2.83. The average molecular weight is 312 g/mol. The molecule has 0 aliphatic heterocycles. The number of nitrogens with one attached hydrogen (secondary N) is 1. The zero-order valence-electron chi connectivity index (χ0n) is 12.4. The van der Waals surface area contributed by atoms with E-state index in [1.54, 1.807) is 31.2 Å². The highest BCUT2D eigenvalue weighted by Gasteiger charge is 2.32. The molecule has 1 aromatic rings. The van der Waals surface area contributed by atoms with Gasteiger partial charge in [-0.1, -0.05) is 0 Å². The fourth-order valence-electron chi connectivity index (χ4n) is 2.09. The van der Waals surface area contributed by atoms with E-state index in [9.17, 15) is 13.2 Å². The maximum atomic E-state index is 12.1. The van der Waals surface area contributed by atoms with Crippen LogP contribution in [-0.2, 0) is 14.8 Å². The molecule has 0 unspecified atom stereocenters. The molecule has 1 amide bonds. The lowest BCUT2D eigenvalue weighted by atomic mass is 10.2. The number of rotatable bonds is 6. The highest BCUT2D eigenvalue weighted by atomic mass is 32.2. The summed E-state index contributed by atoms with van der Waals surface area (Å²) in [6, 6.07) is 5.98. The molecule has 0 heterocycles. The van der Waals surface area contributed by atoms with Crippen molar-refractivity contribution in [3.63, 3.8) is 0 Å². The molecule has 0 radical (unpaired) electrons. The Morgan fingerprint density at radius 2 is 1.90 bits per heavy atom. The van der Waals surface area contributed by atoms with E-state index in [4.69, 9.17) is 4.74 Å². The molecule has 0 spiro atoms. The maximum Gasteiger partial charge on any atom is 0.243 e. The van der Waals surface area contributed by atoms with Gasteiger partial charge >= 0.3 is 0 Å². The normalized spacial score (nSPS) is 16.1. The molecule has 6 nitrogen and oxygen atoms in total. The van der Waals surface area contributed by atoms with Crippen LogP contribution in [0.4, 0.5) is 5.69 Å². The molecule has 1 aromatic carbocycles. The van der Waals surface area contributed by atoms with Crippen LogP contribution in [0.15, 0.2) is 24.3 Å². The van der Waals surface area contributed by atoms with Gasteiger partial charge in [-0.05, 0) is 44.0 Å². The number of ether oxygens (including phenoxy) is 1. The van der Waals surface area contributed by atoms with Gasteiger partial charge in [-0.3, -0.25) is 9.10 Å². The number of hydrogen-bond acceptors (Lipinski definition) is 4. The molecule has 1 atom stereocenters. The van der Waals surface area contributed by atoms with Crippen molar-refractivity contribution in [1.29, 1.82) is 0 Å². The van der Waals surface area contributed by atoms with Crippen molar-refractivity contribution < 1.29 is 17.9 Å². The fraction of sp³-hybridized carbons (Fsp3) is 0.500. The Bertz CT molecular complexity index is 608. The third kappa shape index (κ3) is 3.87. The second kappa shape index (κ2) is 5.93. The number of benzene rings is 1. The lowest BCUT2D eigenvalue weighted by molar-refractivity contribution is -0.121. The van der Waals surface area contributed by atoms with Crippen LogP contribution in [-0.4, -0.2) is 39.8 Å². The molecule has 0 aromatic heterocycles. The Hall–Kier alpha value is -1.76. The van der Waals surface area contributed by atoms with E-state index < -0.39 is 16.1 Å². The molecule has 21 heavy (non-hydrogen) atoms. The first-order valence-corrected chi connectivity index (χ1v) is 8.61. The number of carbonyl (C=O) groups excluding carboxylic acids is 1. The van der Waals surface area contributed by atoms with Gasteiger partial charge in [0.25, 0.3) is 0 Å². The van der Waals surface area contributed by atoms with Gasteiger partial charge in [-0.2, -0.15) is 0 Å². The van der Waals surface area contributed by atoms with E-state index in [1.165, 1.54) is 7.11 Å². The molecule has 2 rings (SSSR count). The van der Waals surface area contributed by atoms with Gasteiger partial charge in [0.2, 0.25) is 15.9 Å². The van der Waals surface area contributed by atoms with Crippen LogP contribution in [0.25, 0.3) is 0 Å². The summed E-state index contributed by atoms with van der Waals surface area (Å²) in [4.78, 5) is 12.1. The van der Waals surface area contributed by atoms with Crippen molar-refractivity contribution in [3.8, 4) is 5.75 Å². The van der Waals surface area contributed by atoms with Crippen LogP contribution in [0.3, 0.4) is 0 Å². The van der Waals surface area contributed by atoms with Crippen LogP contribution in [0, 0.1) is 0 Å². The number of carbonyl (C=O) groups is 1. The summed E-state index contributed by atoms with van der Waals surface area (Å²) in [6.07, 6.45) is 3.01. The third-order valence-electron chi connectivity index (χ3n) is 3.34. The van der Waals surface area contributed by atoms with Crippen LogP contribution in [0.1, 0.15) is 19.8 Å². The summed E-state index contributed by atoms with van der Waals surface area (Å²) in [7, 11) is -2.03. The second-order valence-corrected chi connectivity index (χ2v) is 7.08. The lowest BCUT2D eigenvalue weighted by Gasteiger charge is -2.28. The molecular weight excluding hydrogens is 292 g/mol. The van der Waals surface area contributed by atoms with Gasteiger partial charge in [-0.25, -0.2) is 8.42 Å². The SMILES string of the molecule is COc1ccc(N([C@H](C)C(=O)NC2CC2)S(C)(=O)=O)cc1. The van der Waals surface area contributed by atoms with Crippen LogP contribution < -0.4 is 14.4 Å². The van der Waals surface area contributed by atoms with Crippen molar-refractivity contribution in [1.82, 2.24) is 5.32 Å². The zero-order chi connectivity index (χ0) is 15.6. The number of anilines is 1. The zero-order valence-corrected chi connectivity index (χ0v) is 13.2. The number of amides is 1. The molecular formula is C14H20N2O4S. The van der Waals surface area contributed by atoms with Gasteiger partial charge in [0.1, 0.15) is 11.8 Å². The molecule has 7 heteroatoms. The largest absolute Gasteiger partial charge is 0.497 e. The molecule has 1 saturated carbocycles. The number of sulfonamides is 1. The summed E-state index contributed by atoms with van der Waals surface area (Å²) in [5.41, 5.74) is 0.441. The molecule has 116 valence electrons. The van der Waals surface area contributed by atoms with Gasteiger partial charge < -0.3 is 10.1 Å². The fourth-order valence-corrected chi connectivity index (χ4v) is 3.26. The highest BCUT2D eigenvalue weighted by molar-refractivity contribution is 7.92. The first-order valence-electron chi connectivity index (χ1n) is 6.77. The average Bonchev–Trinajstić information content (AvgIpc) is 3.22. The van der Waals surface area contributed by atoms with Crippen molar-refractivity contribution in [2.75, 3.05) is 17.7 Å². The summed E-state index contributed by atoms with van der Waals surface area (Å²) in [5.74, 6) is 0.348. The predicted octanol–water partition coefficient (Wildman–Crippen LogP) is 1.13. The molecule has 1 aliphatic rings. The smallest absolute Gasteiger partial charge is 0.243 e. The van der Waals surface area contributed by atoms with E-state index >= 15 is 0 Å². The Kier molecular flexibility index (Phi) is 4.41. The minimum Gasteiger partial charge on any atom is -0.497 e. The number of methoxy groups -OCH3 is 1. The highest BCUT2D eigenvalue weighted by Crippen LogP contribution is 2.25. The summed E-state index contributed by atoms with van der Waals surface area (Å²) < 4.78 is 30.3. The van der Waals surface area contributed by atoms with E-state index in [0.717, 1.165) is 23.4 Å². The van der Waals surface area contributed by atoms with Crippen molar-refractivity contribution in [2.45, 2.75) is 31.8 Å². The van der Waals surface area contributed by atoms with E-state index in [2.05, 4.69) is 5.32 Å². The topological polar surface area (TPSA) is 75.7 Å².